The molecule has 2 aliphatic heterocycles. The van der Waals surface area contributed by atoms with Crippen LogP contribution in [0.5, 0.6) is 0 Å². The SMILES string of the molecule is CCN1/C(=C2/SC(=S)N(Cc3ccccc3)C2=O)C=Cc2cc(C)ccc21. The molecule has 2 aliphatic rings. The van der Waals surface area contributed by atoms with Crippen molar-refractivity contribution in [3.8, 4) is 0 Å². The van der Waals surface area contributed by atoms with Crippen LogP contribution in [0.3, 0.4) is 0 Å². The summed E-state index contributed by atoms with van der Waals surface area (Å²) in [5.74, 6) is -0.0116. The van der Waals surface area contributed by atoms with E-state index in [1.54, 1.807) is 4.90 Å². The second-order valence-corrected chi connectivity index (χ2v) is 8.24. The zero-order chi connectivity index (χ0) is 19.0. The average Bonchev–Trinajstić information content (AvgIpc) is 2.95. The van der Waals surface area contributed by atoms with Crippen LogP contribution in [-0.2, 0) is 11.3 Å². The van der Waals surface area contributed by atoms with Crippen molar-refractivity contribution >= 4 is 46.0 Å². The van der Waals surface area contributed by atoms with E-state index < -0.39 is 0 Å². The Bertz CT molecular complexity index is 979. The highest BCUT2D eigenvalue weighted by atomic mass is 32.2. The molecule has 1 saturated heterocycles. The zero-order valence-electron chi connectivity index (χ0n) is 15.3. The number of carbonyl (C=O) groups is 1. The highest BCUT2D eigenvalue weighted by Gasteiger charge is 2.36. The first kappa shape index (κ1) is 18.0. The van der Waals surface area contributed by atoms with Crippen molar-refractivity contribution in [3.05, 3.63) is 81.9 Å². The van der Waals surface area contributed by atoms with E-state index >= 15 is 0 Å². The maximum Gasteiger partial charge on any atom is 0.268 e. The van der Waals surface area contributed by atoms with Crippen LogP contribution in [0.25, 0.3) is 6.08 Å². The summed E-state index contributed by atoms with van der Waals surface area (Å²) in [6.07, 6.45) is 4.13. The molecule has 0 N–H and O–H groups in total. The highest BCUT2D eigenvalue weighted by Crippen LogP contribution is 2.40. The van der Waals surface area contributed by atoms with Crippen LogP contribution >= 0.6 is 24.0 Å². The predicted octanol–water partition coefficient (Wildman–Crippen LogP) is 5.12. The molecule has 0 aromatic heterocycles. The van der Waals surface area contributed by atoms with Crippen LogP contribution in [0.15, 0.2) is 65.2 Å². The lowest BCUT2D eigenvalue weighted by molar-refractivity contribution is -0.122. The topological polar surface area (TPSA) is 23.6 Å². The Balaban J connectivity index is 1.70. The fourth-order valence-corrected chi connectivity index (χ4v) is 4.75. The number of amides is 1. The van der Waals surface area contributed by atoms with Gasteiger partial charge in [0.25, 0.3) is 5.91 Å². The number of thioether (sulfide) groups is 1. The van der Waals surface area contributed by atoms with Gasteiger partial charge in [-0.1, -0.05) is 72.0 Å². The molecule has 3 nitrogen and oxygen atoms in total. The van der Waals surface area contributed by atoms with Gasteiger partial charge in [-0.3, -0.25) is 9.69 Å². The first-order valence-corrected chi connectivity index (χ1v) is 10.2. The Morgan fingerprint density at radius 2 is 1.81 bits per heavy atom. The molecule has 2 heterocycles. The Labute approximate surface area is 169 Å². The second kappa shape index (κ2) is 7.33. The molecule has 1 fully saturated rings. The molecule has 136 valence electrons. The summed E-state index contributed by atoms with van der Waals surface area (Å²) in [5.41, 5.74) is 5.55. The lowest BCUT2D eigenvalue weighted by Crippen LogP contribution is -2.30. The first-order chi connectivity index (χ1) is 13.1. The van der Waals surface area contributed by atoms with Crippen molar-refractivity contribution in [1.82, 2.24) is 4.90 Å². The van der Waals surface area contributed by atoms with E-state index in [9.17, 15) is 4.79 Å². The largest absolute Gasteiger partial charge is 0.340 e. The number of rotatable bonds is 3. The van der Waals surface area contributed by atoms with Crippen molar-refractivity contribution < 1.29 is 4.79 Å². The number of aryl methyl sites for hydroxylation is 1. The van der Waals surface area contributed by atoms with Crippen molar-refractivity contribution in [1.29, 1.82) is 0 Å². The number of hydrogen-bond acceptors (Lipinski definition) is 4. The third-order valence-corrected chi connectivity index (χ3v) is 6.22. The van der Waals surface area contributed by atoms with Gasteiger partial charge in [-0.05, 0) is 43.2 Å². The predicted molar refractivity (Wildman–Crippen MR) is 117 cm³/mol. The van der Waals surface area contributed by atoms with E-state index in [0.717, 1.165) is 23.5 Å². The third kappa shape index (κ3) is 3.33. The number of fused-ring (bicyclic) bond motifs is 1. The second-order valence-electron chi connectivity index (χ2n) is 6.60. The summed E-state index contributed by atoms with van der Waals surface area (Å²) in [6, 6.07) is 16.4. The monoisotopic (exact) mass is 392 g/mol. The van der Waals surface area contributed by atoms with Crippen LogP contribution in [-0.4, -0.2) is 21.7 Å². The summed E-state index contributed by atoms with van der Waals surface area (Å²) in [4.78, 5) is 17.8. The molecule has 0 bridgehead atoms. The molecule has 0 spiro atoms. The summed E-state index contributed by atoms with van der Waals surface area (Å²) in [5, 5.41) is 0. The van der Waals surface area contributed by atoms with Gasteiger partial charge in [0.15, 0.2) is 0 Å². The quantitative estimate of drug-likeness (QED) is 0.534. The van der Waals surface area contributed by atoms with E-state index in [2.05, 4.69) is 43.0 Å². The molecular weight excluding hydrogens is 372 g/mol. The highest BCUT2D eigenvalue weighted by molar-refractivity contribution is 8.26. The van der Waals surface area contributed by atoms with Gasteiger partial charge < -0.3 is 4.90 Å². The molecule has 5 heteroatoms. The number of anilines is 1. The fourth-order valence-electron chi connectivity index (χ4n) is 3.44. The zero-order valence-corrected chi connectivity index (χ0v) is 16.9. The minimum Gasteiger partial charge on any atom is -0.340 e. The standard InChI is InChI=1S/C22H20N2OS2/c1-3-23-18-11-9-15(2)13-17(18)10-12-19(23)20-21(25)24(22(26)27-20)14-16-7-5-4-6-8-16/h4-13H,3,14H2,1-2H3/b20-19+. The number of benzene rings is 2. The van der Waals surface area contributed by atoms with Gasteiger partial charge in [0.05, 0.1) is 12.2 Å². The fraction of sp³-hybridized carbons (Fsp3) is 0.182. The minimum atomic E-state index is -0.0116. The number of carbonyl (C=O) groups excluding carboxylic acids is 1. The van der Waals surface area contributed by atoms with E-state index in [0.29, 0.717) is 15.8 Å². The van der Waals surface area contributed by atoms with E-state index in [4.69, 9.17) is 12.2 Å². The Hall–Kier alpha value is -2.37. The van der Waals surface area contributed by atoms with Gasteiger partial charge in [-0.25, -0.2) is 0 Å². The van der Waals surface area contributed by atoms with Crippen LogP contribution in [0.1, 0.15) is 23.6 Å². The number of likely N-dealkylation sites (N-methyl/N-ethyl adjacent to an activating group) is 1. The molecule has 0 saturated carbocycles. The third-order valence-electron chi connectivity index (χ3n) is 4.77. The van der Waals surface area contributed by atoms with Crippen molar-refractivity contribution in [2.45, 2.75) is 20.4 Å². The molecule has 0 aliphatic carbocycles. The first-order valence-electron chi connectivity index (χ1n) is 8.96. The summed E-state index contributed by atoms with van der Waals surface area (Å²) >= 11 is 6.92. The summed E-state index contributed by atoms with van der Waals surface area (Å²) < 4.78 is 0.616. The normalized spacial score (nSPS) is 19.0. The lowest BCUT2D eigenvalue weighted by atomic mass is 10.0. The number of allylic oxidation sites excluding steroid dienone is 1. The molecule has 0 unspecified atom stereocenters. The van der Waals surface area contributed by atoms with Gasteiger partial charge in [0.1, 0.15) is 9.23 Å². The van der Waals surface area contributed by atoms with Gasteiger partial charge in [0.2, 0.25) is 0 Å². The Morgan fingerprint density at radius 3 is 2.56 bits per heavy atom. The van der Waals surface area contributed by atoms with Crippen LogP contribution in [0.4, 0.5) is 5.69 Å². The maximum absolute atomic E-state index is 13.1. The number of thiocarbonyl (C=S) groups is 1. The van der Waals surface area contributed by atoms with E-state index in [1.807, 2.05) is 36.4 Å². The smallest absolute Gasteiger partial charge is 0.268 e. The van der Waals surface area contributed by atoms with Gasteiger partial charge in [-0.15, -0.1) is 0 Å². The van der Waals surface area contributed by atoms with Gasteiger partial charge in [-0.2, -0.15) is 0 Å². The van der Waals surface area contributed by atoms with Gasteiger partial charge in [0, 0.05) is 12.2 Å². The Morgan fingerprint density at radius 1 is 1.04 bits per heavy atom. The van der Waals surface area contributed by atoms with Crippen LogP contribution in [0.2, 0.25) is 0 Å². The molecule has 2 aromatic carbocycles. The molecule has 2 aromatic rings. The van der Waals surface area contributed by atoms with E-state index in [-0.39, 0.29) is 5.91 Å². The summed E-state index contributed by atoms with van der Waals surface area (Å²) in [7, 11) is 0. The van der Waals surface area contributed by atoms with E-state index in [1.165, 1.54) is 22.9 Å². The molecule has 0 atom stereocenters. The van der Waals surface area contributed by atoms with Gasteiger partial charge >= 0.3 is 0 Å². The number of hydrogen-bond donors (Lipinski definition) is 0. The average molecular weight is 393 g/mol. The molecule has 0 radical (unpaired) electrons. The number of nitrogens with zero attached hydrogens (tertiary/aromatic N) is 2. The molecule has 4 rings (SSSR count). The summed E-state index contributed by atoms with van der Waals surface area (Å²) in [6.45, 7) is 5.49. The van der Waals surface area contributed by atoms with Crippen molar-refractivity contribution in [3.63, 3.8) is 0 Å². The molecule has 1 amide bonds. The Kier molecular flexibility index (Phi) is 4.89. The van der Waals surface area contributed by atoms with Crippen LogP contribution in [0, 0.1) is 6.92 Å². The molecule has 27 heavy (non-hydrogen) atoms. The van der Waals surface area contributed by atoms with Crippen molar-refractivity contribution in [2.24, 2.45) is 0 Å². The van der Waals surface area contributed by atoms with Crippen LogP contribution < -0.4 is 4.90 Å². The minimum absolute atomic E-state index is 0.0116. The molecular formula is C22H20N2OS2. The maximum atomic E-state index is 13.1. The van der Waals surface area contributed by atoms with Crippen molar-refractivity contribution in [2.75, 3.05) is 11.4 Å². The lowest BCUT2D eigenvalue weighted by Gasteiger charge is -2.30.